The fourth-order valence-electron chi connectivity index (χ4n) is 6.10. The summed E-state index contributed by atoms with van der Waals surface area (Å²) in [5.74, 6) is 0. The number of primary amides is 1. The number of unbranched alkanes of at least 4 members (excludes halogenated alkanes) is 14. The number of amides is 2. The van der Waals surface area contributed by atoms with Crippen LogP contribution in [-0.2, 0) is 0 Å². The van der Waals surface area contributed by atoms with E-state index in [0.717, 1.165) is 64.8 Å². The van der Waals surface area contributed by atoms with Gasteiger partial charge in [0.2, 0.25) is 0 Å². The Labute approximate surface area is 253 Å². The van der Waals surface area contributed by atoms with E-state index in [9.17, 15) is 15.0 Å². The zero-order valence-electron chi connectivity index (χ0n) is 27.1. The monoisotopic (exact) mass is 584 g/mol. The average Bonchev–Trinajstić information content (AvgIpc) is 2.95. The lowest BCUT2D eigenvalue weighted by Crippen LogP contribution is -2.54. The van der Waals surface area contributed by atoms with Crippen molar-refractivity contribution in [3.05, 3.63) is 0 Å². The van der Waals surface area contributed by atoms with Crippen LogP contribution in [0.4, 0.5) is 4.79 Å². The summed E-state index contributed by atoms with van der Waals surface area (Å²) in [5, 5.41) is 28.0. The zero-order valence-corrected chi connectivity index (χ0v) is 27.1. The molecule has 1 rings (SSSR count). The van der Waals surface area contributed by atoms with Gasteiger partial charge < -0.3 is 26.6 Å². The Kier molecular flexibility index (Phi) is 24.8. The molecule has 0 aromatic rings. The number of hydrogen-bond donors (Lipinski definition) is 5. The summed E-state index contributed by atoms with van der Waals surface area (Å²) in [6.07, 6.45) is 22.4. The van der Waals surface area contributed by atoms with Crippen LogP contribution in [0.25, 0.3) is 0 Å². The number of aliphatic hydroxyl groups is 2. The maximum Gasteiger partial charge on any atom is 0.312 e. The molecule has 0 aromatic heterocycles. The molecule has 3 atom stereocenters. The van der Waals surface area contributed by atoms with Crippen LogP contribution in [0.15, 0.2) is 0 Å². The number of nitrogens with zero attached hydrogens (tertiary/aromatic N) is 2. The van der Waals surface area contributed by atoms with Gasteiger partial charge in [-0.05, 0) is 25.8 Å². The van der Waals surface area contributed by atoms with Gasteiger partial charge in [-0.1, -0.05) is 117 Å². The van der Waals surface area contributed by atoms with E-state index in [1.54, 1.807) is 0 Å². The van der Waals surface area contributed by atoms with Crippen molar-refractivity contribution in [3.63, 3.8) is 0 Å². The predicted octanol–water partition coefficient (Wildman–Crippen LogP) is 5.40. The highest BCUT2D eigenvalue weighted by Gasteiger charge is 2.24. The van der Waals surface area contributed by atoms with Crippen molar-refractivity contribution in [1.82, 2.24) is 20.4 Å². The van der Waals surface area contributed by atoms with Crippen molar-refractivity contribution in [1.29, 1.82) is 0 Å². The number of piperazine rings is 1. The van der Waals surface area contributed by atoms with Crippen molar-refractivity contribution in [2.75, 3.05) is 52.4 Å². The van der Waals surface area contributed by atoms with Crippen molar-refractivity contribution < 1.29 is 15.0 Å². The van der Waals surface area contributed by atoms with Gasteiger partial charge in [-0.15, -0.1) is 0 Å². The van der Waals surface area contributed by atoms with Crippen LogP contribution >= 0.6 is 0 Å². The van der Waals surface area contributed by atoms with Crippen LogP contribution < -0.4 is 16.4 Å². The van der Waals surface area contributed by atoms with E-state index in [2.05, 4.69) is 34.3 Å². The Balaban J connectivity index is 2.48. The molecule has 8 nitrogen and oxygen atoms in total. The standard InChI is InChI=1S/C33H69N5O3/c1-3-5-7-9-11-13-15-17-19-31(39)28-37(29-32(40)20-18-16-14-12-10-8-6-4-2)24-21-30-27-35-22-25-38(30)26-23-36-33(34)41/h30-32,35,39-40H,3-29H2,1-2H3,(H3,34,36,41). The van der Waals surface area contributed by atoms with Crippen molar-refractivity contribution in [2.24, 2.45) is 5.73 Å². The Morgan fingerprint density at radius 1 is 0.854 bits per heavy atom. The molecule has 0 spiro atoms. The molecule has 8 heteroatoms. The van der Waals surface area contributed by atoms with Crippen LogP contribution in [0.5, 0.6) is 0 Å². The number of nitrogens with two attached hydrogens (primary N) is 1. The number of urea groups is 1. The first kappa shape index (κ1) is 38.1. The molecule has 6 N–H and O–H groups in total. The summed E-state index contributed by atoms with van der Waals surface area (Å²) < 4.78 is 0. The van der Waals surface area contributed by atoms with E-state index < -0.39 is 6.03 Å². The smallest absolute Gasteiger partial charge is 0.312 e. The topological polar surface area (TPSA) is 114 Å². The highest BCUT2D eigenvalue weighted by atomic mass is 16.3. The summed E-state index contributed by atoms with van der Waals surface area (Å²) in [6, 6.07) is -0.102. The SMILES string of the molecule is CCCCCCCCCCC(O)CN(CCC1CNCCN1CCNC(N)=O)CC(O)CCCCCCCCCC. The van der Waals surface area contributed by atoms with Gasteiger partial charge in [-0.3, -0.25) is 9.80 Å². The molecule has 1 aliphatic heterocycles. The van der Waals surface area contributed by atoms with Gasteiger partial charge in [0.25, 0.3) is 0 Å². The van der Waals surface area contributed by atoms with Crippen LogP contribution in [0, 0.1) is 0 Å². The minimum Gasteiger partial charge on any atom is -0.392 e. The predicted molar refractivity (Wildman–Crippen MR) is 173 cm³/mol. The van der Waals surface area contributed by atoms with Gasteiger partial charge in [0.1, 0.15) is 0 Å². The second kappa shape index (κ2) is 26.7. The normalized spacial score (nSPS) is 17.6. The van der Waals surface area contributed by atoms with Gasteiger partial charge >= 0.3 is 6.03 Å². The van der Waals surface area contributed by atoms with Crippen molar-refractivity contribution in [2.45, 2.75) is 154 Å². The van der Waals surface area contributed by atoms with Gasteiger partial charge in [0.05, 0.1) is 12.2 Å². The number of carbonyl (C=O) groups excluding carboxylic acids is 1. The first-order valence-corrected chi connectivity index (χ1v) is 17.5. The van der Waals surface area contributed by atoms with Gasteiger partial charge in [-0.25, -0.2) is 4.79 Å². The maximum absolute atomic E-state index is 11.1. The maximum atomic E-state index is 11.1. The number of rotatable bonds is 28. The number of hydrogen-bond acceptors (Lipinski definition) is 6. The molecule has 1 fully saturated rings. The largest absolute Gasteiger partial charge is 0.392 e. The minimum atomic E-state index is -0.473. The molecular formula is C33H69N5O3. The second-order valence-electron chi connectivity index (χ2n) is 12.6. The van der Waals surface area contributed by atoms with Gasteiger partial charge in [0, 0.05) is 51.9 Å². The first-order chi connectivity index (χ1) is 20.0. The Morgan fingerprint density at radius 2 is 1.34 bits per heavy atom. The summed E-state index contributed by atoms with van der Waals surface area (Å²) in [6.45, 7) is 10.8. The quantitative estimate of drug-likeness (QED) is 0.0788. The summed E-state index contributed by atoms with van der Waals surface area (Å²) >= 11 is 0. The van der Waals surface area contributed by atoms with Crippen LogP contribution in [0.1, 0.15) is 136 Å². The molecule has 41 heavy (non-hydrogen) atoms. The number of aliphatic hydroxyl groups excluding tert-OH is 2. The lowest BCUT2D eigenvalue weighted by Gasteiger charge is -2.38. The molecule has 1 saturated heterocycles. The third kappa shape index (κ3) is 22.3. The van der Waals surface area contributed by atoms with E-state index >= 15 is 0 Å². The lowest BCUT2D eigenvalue weighted by atomic mass is 10.0. The summed E-state index contributed by atoms with van der Waals surface area (Å²) in [5.41, 5.74) is 5.25. The minimum absolute atomic E-state index is 0.342. The average molecular weight is 584 g/mol. The third-order valence-electron chi connectivity index (χ3n) is 8.67. The van der Waals surface area contributed by atoms with Crippen molar-refractivity contribution >= 4 is 6.03 Å². The summed E-state index contributed by atoms with van der Waals surface area (Å²) in [4.78, 5) is 15.8. The Morgan fingerprint density at radius 3 is 1.83 bits per heavy atom. The zero-order chi connectivity index (χ0) is 30.0. The molecule has 1 aliphatic rings. The lowest BCUT2D eigenvalue weighted by molar-refractivity contribution is 0.0524. The van der Waals surface area contributed by atoms with Gasteiger partial charge in [-0.2, -0.15) is 0 Å². The fraction of sp³-hybridized carbons (Fsp3) is 0.970. The molecule has 244 valence electrons. The van der Waals surface area contributed by atoms with Crippen LogP contribution in [0.2, 0.25) is 0 Å². The van der Waals surface area contributed by atoms with E-state index in [0.29, 0.717) is 25.7 Å². The molecule has 0 bridgehead atoms. The van der Waals surface area contributed by atoms with E-state index in [1.807, 2.05) is 0 Å². The van der Waals surface area contributed by atoms with E-state index in [-0.39, 0.29) is 12.2 Å². The Bertz CT molecular complexity index is 569. The first-order valence-electron chi connectivity index (χ1n) is 17.5. The molecule has 2 amide bonds. The number of nitrogens with one attached hydrogen (secondary N) is 2. The van der Waals surface area contributed by atoms with Crippen molar-refractivity contribution in [3.8, 4) is 0 Å². The highest BCUT2D eigenvalue weighted by Crippen LogP contribution is 2.15. The van der Waals surface area contributed by atoms with Crippen LogP contribution in [0.3, 0.4) is 0 Å². The molecule has 0 saturated carbocycles. The number of carbonyl (C=O) groups is 1. The molecule has 3 unspecified atom stereocenters. The second-order valence-corrected chi connectivity index (χ2v) is 12.6. The molecule has 1 heterocycles. The van der Waals surface area contributed by atoms with E-state index in [4.69, 9.17) is 5.73 Å². The third-order valence-corrected chi connectivity index (χ3v) is 8.67. The molecule has 0 radical (unpaired) electrons. The van der Waals surface area contributed by atoms with E-state index in [1.165, 1.54) is 89.9 Å². The Hall–Kier alpha value is -0.930. The molecule has 0 aliphatic carbocycles. The van der Waals surface area contributed by atoms with Crippen LogP contribution in [-0.4, -0.2) is 96.7 Å². The highest BCUT2D eigenvalue weighted by molar-refractivity contribution is 5.71. The van der Waals surface area contributed by atoms with Gasteiger partial charge in [0.15, 0.2) is 0 Å². The summed E-state index contributed by atoms with van der Waals surface area (Å²) in [7, 11) is 0. The molecular weight excluding hydrogens is 514 g/mol. The molecule has 0 aromatic carbocycles. The fourth-order valence-corrected chi connectivity index (χ4v) is 6.10.